The molecule has 0 atom stereocenters. The summed E-state index contributed by atoms with van der Waals surface area (Å²) < 4.78 is 13.3. The molecule has 0 radical (unpaired) electrons. The minimum atomic E-state index is -0.233. The zero-order chi connectivity index (χ0) is 19.1. The van der Waals surface area contributed by atoms with E-state index < -0.39 is 0 Å². The highest BCUT2D eigenvalue weighted by atomic mass is 35.5. The molecule has 0 spiro atoms. The SMILES string of the molecule is CCN(C)C=Nc1cc(C)c(C(CSc2cccc(F)c2)=NC)cc1Cl. The molecule has 0 heterocycles. The second-order valence-corrected chi connectivity index (χ2v) is 7.31. The van der Waals surface area contributed by atoms with Gasteiger partial charge in [0.25, 0.3) is 0 Å². The van der Waals surface area contributed by atoms with Crippen LogP contribution in [0.4, 0.5) is 10.1 Å². The van der Waals surface area contributed by atoms with Gasteiger partial charge < -0.3 is 4.90 Å². The van der Waals surface area contributed by atoms with Crippen molar-refractivity contribution in [2.45, 2.75) is 18.7 Å². The van der Waals surface area contributed by atoms with E-state index in [4.69, 9.17) is 11.6 Å². The molecule has 138 valence electrons. The Balaban J connectivity index is 2.20. The van der Waals surface area contributed by atoms with Crippen molar-refractivity contribution >= 4 is 41.1 Å². The third-order valence-corrected chi connectivity index (χ3v) is 5.25. The van der Waals surface area contributed by atoms with E-state index in [0.717, 1.165) is 34.0 Å². The van der Waals surface area contributed by atoms with Crippen LogP contribution in [-0.4, -0.2) is 43.3 Å². The number of thioether (sulfide) groups is 1. The Labute approximate surface area is 164 Å². The molecule has 2 aromatic carbocycles. The van der Waals surface area contributed by atoms with Crippen molar-refractivity contribution in [1.29, 1.82) is 0 Å². The molecule has 0 saturated carbocycles. The maximum atomic E-state index is 13.3. The molecule has 2 aromatic rings. The molecule has 3 nitrogen and oxygen atoms in total. The first-order valence-electron chi connectivity index (χ1n) is 8.33. The molecular formula is C20H23ClFN3S. The fourth-order valence-corrected chi connectivity index (χ4v) is 3.46. The summed E-state index contributed by atoms with van der Waals surface area (Å²) in [6, 6.07) is 10.4. The van der Waals surface area contributed by atoms with Crippen LogP contribution in [0.25, 0.3) is 0 Å². The average molecular weight is 392 g/mol. The van der Waals surface area contributed by atoms with Crippen LogP contribution < -0.4 is 0 Å². The van der Waals surface area contributed by atoms with E-state index in [1.807, 2.05) is 37.1 Å². The van der Waals surface area contributed by atoms with E-state index in [2.05, 4.69) is 16.9 Å². The average Bonchev–Trinajstić information content (AvgIpc) is 2.63. The molecule has 26 heavy (non-hydrogen) atoms. The molecular weight excluding hydrogens is 369 g/mol. The van der Waals surface area contributed by atoms with Gasteiger partial charge >= 0.3 is 0 Å². The Morgan fingerprint density at radius 3 is 2.73 bits per heavy atom. The van der Waals surface area contributed by atoms with Crippen LogP contribution in [0.3, 0.4) is 0 Å². The predicted molar refractivity (Wildman–Crippen MR) is 112 cm³/mol. The van der Waals surface area contributed by atoms with Gasteiger partial charge in [0.1, 0.15) is 5.82 Å². The predicted octanol–water partition coefficient (Wildman–Crippen LogP) is 5.61. The highest BCUT2D eigenvalue weighted by Crippen LogP contribution is 2.30. The molecule has 0 fully saturated rings. The fraction of sp³-hybridized carbons (Fsp3) is 0.300. The van der Waals surface area contributed by atoms with Gasteiger partial charge in [0.15, 0.2) is 0 Å². The van der Waals surface area contributed by atoms with E-state index >= 15 is 0 Å². The van der Waals surface area contributed by atoms with Crippen LogP contribution in [-0.2, 0) is 0 Å². The van der Waals surface area contributed by atoms with Crippen LogP contribution in [0.5, 0.6) is 0 Å². The first kappa shape index (κ1) is 20.5. The van der Waals surface area contributed by atoms with Gasteiger partial charge in [0, 0.05) is 36.9 Å². The number of aliphatic imine (C=N–C) groups is 2. The number of aryl methyl sites for hydroxylation is 1. The topological polar surface area (TPSA) is 28.0 Å². The van der Waals surface area contributed by atoms with Gasteiger partial charge in [0.05, 0.1) is 22.8 Å². The fourth-order valence-electron chi connectivity index (χ4n) is 2.29. The smallest absolute Gasteiger partial charge is 0.124 e. The van der Waals surface area contributed by atoms with Crippen molar-refractivity contribution < 1.29 is 4.39 Å². The van der Waals surface area contributed by atoms with Crippen molar-refractivity contribution in [3.8, 4) is 0 Å². The van der Waals surface area contributed by atoms with Crippen LogP contribution in [0.2, 0.25) is 5.02 Å². The van der Waals surface area contributed by atoms with E-state index in [1.54, 1.807) is 31.2 Å². The molecule has 2 rings (SSSR count). The number of hydrogen-bond donors (Lipinski definition) is 0. The zero-order valence-electron chi connectivity index (χ0n) is 15.5. The third-order valence-electron chi connectivity index (χ3n) is 3.94. The van der Waals surface area contributed by atoms with Gasteiger partial charge in [-0.2, -0.15) is 0 Å². The molecule has 0 aliphatic rings. The standard InChI is InChI=1S/C20H23ClFN3S/c1-5-25(4)13-24-19-9-14(2)17(11-18(19)21)20(23-3)12-26-16-8-6-7-15(22)10-16/h6-11,13H,5,12H2,1-4H3. The molecule has 0 aromatic heterocycles. The maximum absolute atomic E-state index is 13.3. The van der Waals surface area contributed by atoms with Crippen LogP contribution in [0.1, 0.15) is 18.1 Å². The molecule has 0 unspecified atom stereocenters. The Kier molecular flexibility index (Phi) is 7.66. The number of halogens is 2. The minimum absolute atomic E-state index is 0.233. The third kappa shape index (κ3) is 5.58. The van der Waals surface area contributed by atoms with Gasteiger partial charge in [-0.1, -0.05) is 17.7 Å². The van der Waals surface area contributed by atoms with Gasteiger partial charge in [-0.3, -0.25) is 4.99 Å². The van der Waals surface area contributed by atoms with E-state index in [9.17, 15) is 4.39 Å². The van der Waals surface area contributed by atoms with Crippen LogP contribution in [0.15, 0.2) is 51.3 Å². The molecule has 0 aliphatic heterocycles. The maximum Gasteiger partial charge on any atom is 0.124 e. The molecule has 0 saturated heterocycles. The van der Waals surface area contributed by atoms with Crippen LogP contribution in [0, 0.1) is 12.7 Å². The largest absolute Gasteiger partial charge is 0.366 e. The number of nitrogens with zero attached hydrogens (tertiary/aromatic N) is 3. The van der Waals surface area contributed by atoms with E-state index in [-0.39, 0.29) is 5.82 Å². The van der Waals surface area contributed by atoms with Crippen molar-refractivity contribution in [1.82, 2.24) is 4.90 Å². The van der Waals surface area contributed by atoms with Gasteiger partial charge in [0.2, 0.25) is 0 Å². The molecule has 0 amide bonds. The Morgan fingerprint density at radius 2 is 2.08 bits per heavy atom. The number of hydrogen-bond acceptors (Lipinski definition) is 3. The van der Waals surface area contributed by atoms with Crippen molar-refractivity contribution in [3.05, 3.63) is 58.4 Å². The second kappa shape index (κ2) is 9.74. The summed E-state index contributed by atoms with van der Waals surface area (Å²) in [6.45, 7) is 4.95. The lowest BCUT2D eigenvalue weighted by molar-refractivity contribution is 0.552. The Hall–Kier alpha value is -1.85. The summed E-state index contributed by atoms with van der Waals surface area (Å²) in [4.78, 5) is 11.7. The lowest BCUT2D eigenvalue weighted by atomic mass is 10.0. The summed E-state index contributed by atoms with van der Waals surface area (Å²) in [5.41, 5.74) is 3.70. The van der Waals surface area contributed by atoms with Crippen LogP contribution >= 0.6 is 23.4 Å². The molecule has 0 aliphatic carbocycles. The van der Waals surface area contributed by atoms with Crippen molar-refractivity contribution in [2.24, 2.45) is 9.98 Å². The number of benzene rings is 2. The summed E-state index contributed by atoms with van der Waals surface area (Å²) in [5.74, 6) is 0.404. The summed E-state index contributed by atoms with van der Waals surface area (Å²) >= 11 is 7.97. The van der Waals surface area contributed by atoms with Gasteiger partial charge in [-0.25, -0.2) is 9.38 Å². The normalized spacial score (nSPS) is 12.0. The second-order valence-electron chi connectivity index (χ2n) is 5.85. The highest BCUT2D eigenvalue weighted by Gasteiger charge is 2.11. The zero-order valence-corrected chi connectivity index (χ0v) is 17.0. The summed E-state index contributed by atoms with van der Waals surface area (Å²) in [7, 11) is 3.72. The lowest BCUT2D eigenvalue weighted by Gasteiger charge is -2.13. The molecule has 0 bridgehead atoms. The summed E-state index contributed by atoms with van der Waals surface area (Å²) in [6.07, 6.45) is 1.77. The monoisotopic (exact) mass is 391 g/mol. The Bertz CT molecular complexity index is 821. The van der Waals surface area contributed by atoms with E-state index in [1.165, 1.54) is 12.1 Å². The van der Waals surface area contributed by atoms with Crippen molar-refractivity contribution in [3.63, 3.8) is 0 Å². The molecule has 6 heteroatoms. The minimum Gasteiger partial charge on any atom is -0.366 e. The van der Waals surface area contributed by atoms with Gasteiger partial charge in [-0.05, 0) is 49.7 Å². The first-order valence-corrected chi connectivity index (χ1v) is 9.70. The quantitative estimate of drug-likeness (QED) is 0.348. The summed E-state index contributed by atoms with van der Waals surface area (Å²) in [5, 5.41) is 0.586. The Morgan fingerprint density at radius 1 is 1.31 bits per heavy atom. The molecule has 0 N–H and O–H groups in total. The highest BCUT2D eigenvalue weighted by molar-refractivity contribution is 8.00. The first-order chi connectivity index (χ1) is 12.4. The lowest BCUT2D eigenvalue weighted by Crippen LogP contribution is -2.14. The van der Waals surface area contributed by atoms with Crippen molar-refractivity contribution in [2.75, 3.05) is 26.4 Å². The van der Waals surface area contributed by atoms with Gasteiger partial charge in [-0.15, -0.1) is 11.8 Å². The van der Waals surface area contributed by atoms with E-state index in [0.29, 0.717) is 10.8 Å². The number of rotatable bonds is 7.